The van der Waals surface area contributed by atoms with E-state index in [9.17, 15) is 13.2 Å². The molecule has 0 heterocycles. The van der Waals surface area contributed by atoms with Gasteiger partial charge in [-0.15, -0.1) is 0 Å². The molecule has 80 valence electrons. The number of rotatable bonds is 1. The van der Waals surface area contributed by atoms with Gasteiger partial charge in [-0.1, -0.05) is 11.6 Å². The van der Waals surface area contributed by atoms with Gasteiger partial charge < -0.3 is 5.73 Å². The second-order valence-electron chi connectivity index (χ2n) is 2.81. The lowest BCUT2D eigenvalue weighted by Crippen LogP contribution is -2.08. The maximum absolute atomic E-state index is 12.4. The summed E-state index contributed by atoms with van der Waals surface area (Å²) < 4.78 is 37.1. The van der Waals surface area contributed by atoms with Crippen LogP contribution in [-0.2, 0) is 12.7 Å². The number of nitrogens with two attached hydrogens (primary N) is 1. The molecular weight excluding hydrogens is 229 g/mol. The normalized spacial score (nSPS) is 11.2. The fourth-order valence-electron chi connectivity index (χ4n) is 1.08. The number of hydrogen-bond donors (Lipinski definition) is 1. The molecule has 0 aromatic heterocycles. The number of benzene rings is 1. The van der Waals surface area contributed by atoms with Crippen molar-refractivity contribution in [3.63, 3.8) is 0 Å². The zero-order valence-electron chi connectivity index (χ0n) is 7.40. The SMILES string of the molecule is N#Cc1cc(C(F)(F)F)cc(CN)c1Cl. The Morgan fingerprint density at radius 1 is 1.40 bits per heavy atom. The molecule has 1 aromatic carbocycles. The van der Waals surface area contributed by atoms with Crippen molar-refractivity contribution < 1.29 is 13.2 Å². The largest absolute Gasteiger partial charge is 0.416 e. The zero-order chi connectivity index (χ0) is 11.6. The monoisotopic (exact) mass is 234 g/mol. The molecule has 0 aliphatic heterocycles. The van der Waals surface area contributed by atoms with E-state index in [-0.39, 0.29) is 22.7 Å². The highest BCUT2D eigenvalue weighted by Crippen LogP contribution is 2.33. The molecule has 0 atom stereocenters. The zero-order valence-corrected chi connectivity index (χ0v) is 8.15. The predicted molar refractivity (Wildman–Crippen MR) is 49.1 cm³/mol. The van der Waals surface area contributed by atoms with Gasteiger partial charge in [0.2, 0.25) is 0 Å². The summed E-state index contributed by atoms with van der Waals surface area (Å²) >= 11 is 5.66. The second-order valence-corrected chi connectivity index (χ2v) is 3.19. The molecule has 0 aliphatic rings. The van der Waals surface area contributed by atoms with Crippen molar-refractivity contribution in [1.82, 2.24) is 0 Å². The Bertz CT molecular complexity index is 421. The quantitative estimate of drug-likeness (QED) is 0.812. The van der Waals surface area contributed by atoms with Gasteiger partial charge in [0.1, 0.15) is 6.07 Å². The van der Waals surface area contributed by atoms with Crippen molar-refractivity contribution in [3.05, 3.63) is 33.8 Å². The van der Waals surface area contributed by atoms with Crippen LogP contribution in [0.15, 0.2) is 12.1 Å². The van der Waals surface area contributed by atoms with Crippen molar-refractivity contribution in [1.29, 1.82) is 5.26 Å². The van der Waals surface area contributed by atoms with Gasteiger partial charge in [0.25, 0.3) is 0 Å². The van der Waals surface area contributed by atoms with Crippen LogP contribution < -0.4 is 5.73 Å². The summed E-state index contributed by atoms with van der Waals surface area (Å²) in [5.74, 6) is 0. The van der Waals surface area contributed by atoms with Gasteiger partial charge in [-0.05, 0) is 17.7 Å². The van der Waals surface area contributed by atoms with Crippen LogP contribution in [0, 0.1) is 11.3 Å². The van der Waals surface area contributed by atoms with E-state index in [2.05, 4.69) is 0 Å². The van der Waals surface area contributed by atoms with E-state index >= 15 is 0 Å². The van der Waals surface area contributed by atoms with Crippen molar-refractivity contribution >= 4 is 11.6 Å². The highest BCUT2D eigenvalue weighted by molar-refractivity contribution is 6.32. The molecule has 2 nitrogen and oxygen atoms in total. The molecule has 1 rings (SSSR count). The van der Waals surface area contributed by atoms with E-state index in [1.165, 1.54) is 0 Å². The lowest BCUT2D eigenvalue weighted by molar-refractivity contribution is -0.137. The lowest BCUT2D eigenvalue weighted by atomic mass is 10.1. The molecule has 0 saturated carbocycles. The van der Waals surface area contributed by atoms with Crippen LogP contribution in [0.2, 0.25) is 5.02 Å². The third-order valence-electron chi connectivity index (χ3n) is 1.82. The molecule has 0 unspecified atom stereocenters. The summed E-state index contributed by atoms with van der Waals surface area (Å²) in [6, 6.07) is 3.16. The number of halogens is 4. The van der Waals surface area contributed by atoms with Crippen molar-refractivity contribution in [3.8, 4) is 6.07 Å². The number of nitriles is 1. The summed E-state index contributed by atoms with van der Waals surface area (Å²) in [4.78, 5) is 0. The van der Waals surface area contributed by atoms with E-state index < -0.39 is 11.7 Å². The third-order valence-corrected chi connectivity index (χ3v) is 2.26. The molecule has 0 saturated heterocycles. The fraction of sp³-hybridized carbons (Fsp3) is 0.222. The number of hydrogen-bond acceptors (Lipinski definition) is 2. The molecule has 0 spiro atoms. The summed E-state index contributed by atoms with van der Waals surface area (Å²) in [6.45, 7) is -0.141. The Labute approximate surface area is 89.1 Å². The van der Waals surface area contributed by atoms with Gasteiger partial charge in [0.05, 0.1) is 16.1 Å². The van der Waals surface area contributed by atoms with Crippen LogP contribution >= 0.6 is 11.6 Å². The first-order valence-electron chi connectivity index (χ1n) is 3.90. The maximum Gasteiger partial charge on any atom is 0.416 e. The molecule has 6 heteroatoms. The first-order chi connectivity index (χ1) is 6.90. The topological polar surface area (TPSA) is 49.8 Å². The highest BCUT2D eigenvalue weighted by atomic mass is 35.5. The van der Waals surface area contributed by atoms with Crippen LogP contribution in [0.3, 0.4) is 0 Å². The third kappa shape index (κ3) is 2.41. The van der Waals surface area contributed by atoms with E-state index in [4.69, 9.17) is 22.6 Å². The van der Waals surface area contributed by atoms with Crippen LogP contribution in [0.5, 0.6) is 0 Å². The Morgan fingerprint density at radius 2 is 2.00 bits per heavy atom. The van der Waals surface area contributed by atoms with Crippen molar-refractivity contribution in [2.24, 2.45) is 5.73 Å². The molecule has 0 fully saturated rings. The van der Waals surface area contributed by atoms with E-state index in [0.29, 0.717) is 6.07 Å². The molecule has 0 aliphatic carbocycles. The Kier molecular flexibility index (Phi) is 3.22. The van der Waals surface area contributed by atoms with E-state index in [0.717, 1.165) is 6.07 Å². The van der Waals surface area contributed by atoms with Gasteiger partial charge in [-0.3, -0.25) is 0 Å². The summed E-state index contributed by atoms with van der Waals surface area (Å²) in [5.41, 5.74) is 4.21. The van der Waals surface area contributed by atoms with E-state index in [1.807, 2.05) is 0 Å². The van der Waals surface area contributed by atoms with Gasteiger partial charge in [0, 0.05) is 6.54 Å². The Balaban J connectivity index is 3.42. The molecule has 0 radical (unpaired) electrons. The van der Waals surface area contributed by atoms with E-state index in [1.54, 1.807) is 6.07 Å². The van der Waals surface area contributed by atoms with Crippen LogP contribution in [0.25, 0.3) is 0 Å². The number of alkyl halides is 3. The average molecular weight is 235 g/mol. The maximum atomic E-state index is 12.4. The van der Waals surface area contributed by atoms with Crippen LogP contribution in [-0.4, -0.2) is 0 Å². The molecule has 0 bridgehead atoms. The minimum Gasteiger partial charge on any atom is -0.326 e. The minimum absolute atomic E-state index is 0.0204. The van der Waals surface area contributed by atoms with Gasteiger partial charge in [0.15, 0.2) is 0 Å². The van der Waals surface area contributed by atoms with Crippen LogP contribution in [0.4, 0.5) is 13.2 Å². The highest BCUT2D eigenvalue weighted by Gasteiger charge is 2.31. The minimum atomic E-state index is -4.50. The van der Waals surface area contributed by atoms with Crippen molar-refractivity contribution in [2.75, 3.05) is 0 Å². The average Bonchev–Trinajstić information content (AvgIpc) is 2.16. The molecule has 15 heavy (non-hydrogen) atoms. The standard InChI is InChI=1S/C9H6ClF3N2/c10-8-5(3-14)1-7(9(11,12)13)2-6(8)4-15/h1-2H,3,14H2. The van der Waals surface area contributed by atoms with Crippen molar-refractivity contribution in [2.45, 2.75) is 12.7 Å². The lowest BCUT2D eigenvalue weighted by Gasteiger charge is -2.10. The molecule has 2 N–H and O–H groups in total. The summed E-state index contributed by atoms with van der Waals surface area (Å²) in [5, 5.41) is 8.57. The first kappa shape index (κ1) is 11.8. The summed E-state index contributed by atoms with van der Waals surface area (Å²) in [7, 11) is 0. The second kappa shape index (κ2) is 4.09. The molecular formula is C9H6ClF3N2. The van der Waals surface area contributed by atoms with Crippen LogP contribution in [0.1, 0.15) is 16.7 Å². The van der Waals surface area contributed by atoms with Gasteiger partial charge in [-0.25, -0.2) is 0 Å². The predicted octanol–water partition coefficient (Wildman–Crippen LogP) is 2.69. The first-order valence-corrected chi connectivity index (χ1v) is 4.27. The fourth-order valence-corrected chi connectivity index (χ4v) is 1.31. The smallest absolute Gasteiger partial charge is 0.326 e. The Hall–Kier alpha value is -1.25. The number of nitrogens with zero attached hydrogens (tertiary/aromatic N) is 1. The molecule has 1 aromatic rings. The van der Waals surface area contributed by atoms with Gasteiger partial charge in [-0.2, -0.15) is 18.4 Å². The van der Waals surface area contributed by atoms with Gasteiger partial charge >= 0.3 is 6.18 Å². The molecule has 0 amide bonds. The Morgan fingerprint density at radius 3 is 2.40 bits per heavy atom. The summed E-state index contributed by atoms with van der Waals surface area (Å²) in [6.07, 6.45) is -4.50.